The van der Waals surface area contributed by atoms with Crippen LogP contribution in [-0.2, 0) is 0 Å². The molecular weight excluding hydrogens is 262 g/mol. The average molecular weight is 282 g/mol. The van der Waals surface area contributed by atoms with Crippen molar-refractivity contribution >= 4 is 23.2 Å². The van der Waals surface area contributed by atoms with E-state index in [1.165, 1.54) is 4.90 Å². The minimum atomic E-state index is -0.0709. The first-order valence-corrected chi connectivity index (χ1v) is 6.94. The Morgan fingerprint density at radius 1 is 1.37 bits per heavy atom. The summed E-state index contributed by atoms with van der Waals surface area (Å²) in [5, 5.41) is 7.30. The van der Waals surface area contributed by atoms with E-state index >= 15 is 0 Å². The predicted octanol–water partition coefficient (Wildman–Crippen LogP) is 2.21. The number of carbonyl (C=O) groups is 1. The van der Waals surface area contributed by atoms with E-state index in [2.05, 4.69) is 10.6 Å². The summed E-state index contributed by atoms with van der Waals surface area (Å²) in [6.07, 6.45) is 2.21. The van der Waals surface area contributed by atoms with Gasteiger partial charge in [-0.1, -0.05) is 11.6 Å². The maximum Gasteiger partial charge on any atom is 0.254 e. The highest BCUT2D eigenvalue weighted by Gasteiger charge is 2.15. The molecule has 4 nitrogen and oxygen atoms in total. The standard InChI is InChI=1S/C14H20ClN3O/c1-18(2)14(19)12-4-3-11(9-13(12)15)17-10-5-7-16-8-6-10/h3-4,9-10,16-17H,5-8H2,1-2H3. The number of amides is 1. The molecule has 104 valence electrons. The molecule has 1 saturated heterocycles. The maximum absolute atomic E-state index is 11.9. The molecule has 5 heteroatoms. The largest absolute Gasteiger partial charge is 0.382 e. The van der Waals surface area contributed by atoms with Crippen molar-refractivity contribution in [1.29, 1.82) is 0 Å². The lowest BCUT2D eigenvalue weighted by Gasteiger charge is -2.25. The second kappa shape index (κ2) is 6.26. The van der Waals surface area contributed by atoms with Crippen LogP contribution < -0.4 is 10.6 Å². The molecule has 2 N–H and O–H groups in total. The molecule has 0 radical (unpaired) electrons. The van der Waals surface area contributed by atoms with Gasteiger partial charge in [0.05, 0.1) is 10.6 Å². The smallest absolute Gasteiger partial charge is 0.254 e. The van der Waals surface area contributed by atoms with Gasteiger partial charge in [-0.3, -0.25) is 4.79 Å². The topological polar surface area (TPSA) is 44.4 Å². The molecule has 2 rings (SSSR count). The maximum atomic E-state index is 11.9. The fraction of sp³-hybridized carbons (Fsp3) is 0.500. The summed E-state index contributed by atoms with van der Waals surface area (Å²) in [6, 6.07) is 6.02. The predicted molar refractivity (Wildman–Crippen MR) is 79.0 cm³/mol. The van der Waals surface area contributed by atoms with Crippen LogP contribution in [0.3, 0.4) is 0 Å². The quantitative estimate of drug-likeness (QED) is 0.893. The van der Waals surface area contributed by atoms with Crippen LogP contribution >= 0.6 is 11.6 Å². The first-order valence-electron chi connectivity index (χ1n) is 6.56. The summed E-state index contributed by atoms with van der Waals surface area (Å²) in [5.74, 6) is -0.0709. The number of piperidine rings is 1. The van der Waals surface area contributed by atoms with E-state index in [0.717, 1.165) is 31.6 Å². The van der Waals surface area contributed by atoms with Crippen LogP contribution in [0.15, 0.2) is 18.2 Å². The van der Waals surface area contributed by atoms with Crippen molar-refractivity contribution in [2.24, 2.45) is 0 Å². The highest BCUT2D eigenvalue weighted by atomic mass is 35.5. The van der Waals surface area contributed by atoms with Crippen LogP contribution in [0.1, 0.15) is 23.2 Å². The molecule has 0 bridgehead atoms. The summed E-state index contributed by atoms with van der Waals surface area (Å²) in [7, 11) is 3.44. The van der Waals surface area contributed by atoms with Gasteiger partial charge in [-0.05, 0) is 44.1 Å². The third-order valence-corrected chi connectivity index (χ3v) is 3.63. The third-order valence-electron chi connectivity index (χ3n) is 3.32. The Morgan fingerprint density at radius 3 is 2.63 bits per heavy atom. The van der Waals surface area contributed by atoms with Gasteiger partial charge in [0.2, 0.25) is 0 Å². The van der Waals surface area contributed by atoms with Crippen molar-refractivity contribution in [3.05, 3.63) is 28.8 Å². The van der Waals surface area contributed by atoms with E-state index in [1.807, 2.05) is 12.1 Å². The summed E-state index contributed by atoms with van der Waals surface area (Å²) in [6.45, 7) is 2.09. The van der Waals surface area contributed by atoms with E-state index in [-0.39, 0.29) is 5.91 Å². The summed E-state index contributed by atoms with van der Waals surface area (Å²) in [4.78, 5) is 13.4. The highest BCUT2D eigenvalue weighted by molar-refractivity contribution is 6.34. The SMILES string of the molecule is CN(C)C(=O)c1ccc(NC2CCNCC2)cc1Cl. The number of nitrogens with zero attached hydrogens (tertiary/aromatic N) is 1. The van der Waals surface area contributed by atoms with Gasteiger partial charge in [-0.2, -0.15) is 0 Å². The zero-order valence-corrected chi connectivity index (χ0v) is 12.1. The van der Waals surface area contributed by atoms with Crippen molar-refractivity contribution in [1.82, 2.24) is 10.2 Å². The molecule has 1 heterocycles. The molecule has 0 atom stereocenters. The highest BCUT2D eigenvalue weighted by Crippen LogP contribution is 2.23. The number of hydrogen-bond donors (Lipinski definition) is 2. The van der Waals surface area contributed by atoms with E-state index in [4.69, 9.17) is 11.6 Å². The van der Waals surface area contributed by atoms with Crippen LogP contribution in [-0.4, -0.2) is 44.0 Å². The summed E-state index contributed by atoms with van der Waals surface area (Å²) < 4.78 is 0. The summed E-state index contributed by atoms with van der Waals surface area (Å²) >= 11 is 6.19. The van der Waals surface area contributed by atoms with Crippen LogP contribution in [0.25, 0.3) is 0 Å². The first kappa shape index (κ1) is 14.2. The molecule has 0 aromatic heterocycles. The molecule has 0 saturated carbocycles. The zero-order valence-electron chi connectivity index (χ0n) is 11.4. The average Bonchev–Trinajstić information content (AvgIpc) is 2.39. The van der Waals surface area contributed by atoms with Gasteiger partial charge in [-0.15, -0.1) is 0 Å². The monoisotopic (exact) mass is 281 g/mol. The van der Waals surface area contributed by atoms with Crippen LogP contribution in [0.4, 0.5) is 5.69 Å². The van der Waals surface area contributed by atoms with Gasteiger partial charge in [0.15, 0.2) is 0 Å². The number of nitrogens with one attached hydrogen (secondary N) is 2. The van der Waals surface area contributed by atoms with E-state index in [0.29, 0.717) is 16.6 Å². The van der Waals surface area contributed by atoms with E-state index in [9.17, 15) is 4.79 Å². The van der Waals surface area contributed by atoms with E-state index < -0.39 is 0 Å². The number of halogens is 1. The van der Waals surface area contributed by atoms with Crippen molar-refractivity contribution in [2.45, 2.75) is 18.9 Å². The Hall–Kier alpha value is -1.26. The molecule has 1 aliphatic rings. The minimum Gasteiger partial charge on any atom is -0.382 e. The van der Waals surface area contributed by atoms with Gasteiger partial charge in [0.1, 0.15) is 0 Å². The Labute approximate surface area is 119 Å². The third kappa shape index (κ3) is 3.61. The van der Waals surface area contributed by atoms with Crippen molar-refractivity contribution in [3.8, 4) is 0 Å². The zero-order chi connectivity index (χ0) is 13.8. The number of rotatable bonds is 3. The van der Waals surface area contributed by atoms with Crippen LogP contribution in [0.5, 0.6) is 0 Å². The molecular formula is C14H20ClN3O. The van der Waals surface area contributed by atoms with Gasteiger partial charge < -0.3 is 15.5 Å². The molecule has 1 amide bonds. The molecule has 0 spiro atoms. The van der Waals surface area contributed by atoms with Gasteiger partial charge >= 0.3 is 0 Å². The van der Waals surface area contributed by atoms with Crippen LogP contribution in [0, 0.1) is 0 Å². The van der Waals surface area contributed by atoms with Crippen molar-refractivity contribution in [3.63, 3.8) is 0 Å². The molecule has 19 heavy (non-hydrogen) atoms. The minimum absolute atomic E-state index is 0.0709. The Morgan fingerprint density at radius 2 is 2.05 bits per heavy atom. The lowest BCUT2D eigenvalue weighted by Crippen LogP contribution is -2.35. The number of hydrogen-bond acceptors (Lipinski definition) is 3. The lowest BCUT2D eigenvalue weighted by atomic mass is 10.1. The molecule has 0 aliphatic carbocycles. The van der Waals surface area contributed by atoms with E-state index in [1.54, 1.807) is 20.2 Å². The van der Waals surface area contributed by atoms with Crippen LogP contribution in [0.2, 0.25) is 5.02 Å². The first-order chi connectivity index (χ1) is 9.08. The second-order valence-electron chi connectivity index (χ2n) is 5.06. The van der Waals surface area contributed by atoms with Crippen molar-refractivity contribution < 1.29 is 4.79 Å². The Balaban J connectivity index is 2.07. The Bertz CT molecular complexity index is 456. The number of benzene rings is 1. The normalized spacial score (nSPS) is 16.2. The molecule has 1 aromatic rings. The summed E-state index contributed by atoms with van der Waals surface area (Å²) in [5.41, 5.74) is 1.52. The van der Waals surface area contributed by atoms with Crippen molar-refractivity contribution in [2.75, 3.05) is 32.5 Å². The second-order valence-corrected chi connectivity index (χ2v) is 5.47. The fourth-order valence-electron chi connectivity index (χ4n) is 2.22. The molecule has 1 aromatic carbocycles. The lowest BCUT2D eigenvalue weighted by molar-refractivity contribution is 0.0828. The Kier molecular flexibility index (Phi) is 4.66. The van der Waals surface area contributed by atoms with Gasteiger partial charge in [-0.25, -0.2) is 0 Å². The van der Waals surface area contributed by atoms with Gasteiger partial charge in [0.25, 0.3) is 5.91 Å². The van der Waals surface area contributed by atoms with Gasteiger partial charge in [0, 0.05) is 25.8 Å². The number of carbonyl (C=O) groups excluding carboxylic acids is 1. The molecule has 1 aliphatic heterocycles. The molecule has 1 fully saturated rings. The number of anilines is 1. The fourth-order valence-corrected chi connectivity index (χ4v) is 2.48. The molecule has 0 unspecified atom stereocenters.